The second-order valence-corrected chi connectivity index (χ2v) is 16.2. The van der Waals surface area contributed by atoms with Gasteiger partial charge in [-0.3, -0.25) is 0 Å². The summed E-state index contributed by atoms with van der Waals surface area (Å²) in [6.07, 6.45) is 8.52. The van der Waals surface area contributed by atoms with E-state index in [2.05, 4.69) is 207 Å². The Morgan fingerprint density at radius 3 is 1.67 bits per heavy atom. The van der Waals surface area contributed by atoms with Gasteiger partial charge < -0.3 is 13.6 Å². The minimum absolute atomic E-state index is 0.598. The van der Waals surface area contributed by atoms with Crippen LogP contribution in [0.25, 0.3) is 116 Å². The van der Waals surface area contributed by atoms with Crippen molar-refractivity contribution in [2.75, 3.05) is 0 Å². The van der Waals surface area contributed by atoms with Crippen molar-refractivity contribution in [3.63, 3.8) is 0 Å². The van der Waals surface area contributed by atoms with Gasteiger partial charge in [-0.25, -0.2) is 15.0 Å². The Kier molecular flexibility index (Phi) is 8.09. The molecule has 0 spiro atoms. The van der Waals surface area contributed by atoms with Crippen molar-refractivity contribution < 1.29 is 4.42 Å². The predicted molar refractivity (Wildman–Crippen MR) is 262 cm³/mol. The maximum absolute atomic E-state index is 6.44. The van der Waals surface area contributed by atoms with E-state index in [9.17, 15) is 0 Å². The molecule has 0 radical (unpaired) electrons. The van der Waals surface area contributed by atoms with E-state index in [1.807, 2.05) is 18.2 Å². The van der Waals surface area contributed by atoms with E-state index in [1.54, 1.807) is 6.33 Å². The minimum Gasteiger partial charge on any atom is -0.456 e. The van der Waals surface area contributed by atoms with Gasteiger partial charge in [-0.15, -0.1) is 0 Å². The van der Waals surface area contributed by atoms with E-state index in [1.165, 1.54) is 32.6 Å². The number of allylic oxidation sites excluding steroid dienone is 4. The Balaban J connectivity index is 0.880. The summed E-state index contributed by atoms with van der Waals surface area (Å²) >= 11 is 0. The summed E-state index contributed by atoms with van der Waals surface area (Å²) in [6, 6.07) is 62.5. The van der Waals surface area contributed by atoms with Crippen LogP contribution < -0.4 is 0 Å². The SMILES string of the molecule is C1#CCC=C(c2cccc(-c3cccc(-c4ncnc(-c5ccc6oc7ccc(-n8c9ccccc9c9cc(-n%10c%11ccccc%11c%11ccccc%11%10)ccc98)cc7c6c5)n4)c3)c2)C=C1. The highest BCUT2D eigenvalue weighted by atomic mass is 16.3. The third-order valence-corrected chi connectivity index (χ3v) is 12.6. The second-order valence-electron chi connectivity index (χ2n) is 16.2. The van der Waals surface area contributed by atoms with Crippen molar-refractivity contribution in [1.29, 1.82) is 0 Å². The first-order chi connectivity index (χ1) is 31.7. The third kappa shape index (κ3) is 5.79. The number of para-hydroxylation sites is 3. The average Bonchev–Trinajstić information content (AvgIpc) is 3.91. The third-order valence-electron chi connectivity index (χ3n) is 12.6. The van der Waals surface area contributed by atoms with Crippen LogP contribution in [-0.2, 0) is 0 Å². The molecular weight excluding hydrogens is 783 g/mol. The van der Waals surface area contributed by atoms with Gasteiger partial charge in [0.15, 0.2) is 11.6 Å². The topological polar surface area (TPSA) is 61.7 Å². The lowest BCUT2D eigenvalue weighted by atomic mass is 9.97. The predicted octanol–water partition coefficient (Wildman–Crippen LogP) is 14.3. The van der Waals surface area contributed by atoms with Crippen molar-refractivity contribution in [1.82, 2.24) is 24.1 Å². The zero-order chi connectivity index (χ0) is 42.1. The molecule has 0 N–H and O–H groups in total. The van der Waals surface area contributed by atoms with Gasteiger partial charge in [-0.1, -0.05) is 109 Å². The Bertz CT molecular complexity index is 3960. The van der Waals surface area contributed by atoms with E-state index in [4.69, 9.17) is 9.40 Å². The summed E-state index contributed by atoms with van der Waals surface area (Å²) in [6.45, 7) is 0. The van der Waals surface area contributed by atoms with E-state index in [0.717, 1.165) is 84.2 Å². The Morgan fingerprint density at radius 2 is 0.969 bits per heavy atom. The van der Waals surface area contributed by atoms with Crippen LogP contribution in [0, 0.1) is 11.8 Å². The molecule has 298 valence electrons. The second kappa shape index (κ2) is 14.4. The fraction of sp³-hybridized carbons (Fsp3) is 0.0172. The molecule has 4 heterocycles. The molecule has 0 saturated carbocycles. The molecule has 0 bridgehead atoms. The molecule has 1 aliphatic rings. The molecular formula is C58H35N5O. The monoisotopic (exact) mass is 817 g/mol. The molecule has 0 saturated heterocycles. The number of benzene rings is 8. The molecule has 8 aromatic carbocycles. The van der Waals surface area contributed by atoms with Crippen molar-refractivity contribution in [3.8, 4) is 57.1 Å². The van der Waals surface area contributed by atoms with Gasteiger partial charge in [0.2, 0.25) is 0 Å². The lowest BCUT2D eigenvalue weighted by molar-refractivity contribution is 0.669. The zero-order valence-electron chi connectivity index (χ0n) is 34.4. The molecule has 0 unspecified atom stereocenters. The highest BCUT2D eigenvalue weighted by Gasteiger charge is 2.18. The van der Waals surface area contributed by atoms with Crippen molar-refractivity contribution >= 4 is 71.1 Å². The summed E-state index contributed by atoms with van der Waals surface area (Å²) in [7, 11) is 0. The van der Waals surface area contributed by atoms with Crippen LogP contribution in [0.15, 0.2) is 205 Å². The largest absolute Gasteiger partial charge is 0.456 e. The molecule has 0 aliphatic heterocycles. The molecule has 12 aromatic rings. The highest BCUT2D eigenvalue weighted by molar-refractivity contribution is 6.13. The Labute approximate surface area is 367 Å². The molecule has 4 aromatic heterocycles. The van der Waals surface area contributed by atoms with Crippen LogP contribution >= 0.6 is 0 Å². The number of hydrogen-bond donors (Lipinski definition) is 0. The van der Waals surface area contributed by atoms with E-state index < -0.39 is 0 Å². The number of fused-ring (bicyclic) bond motifs is 9. The van der Waals surface area contributed by atoms with Gasteiger partial charge in [-0.2, -0.15) is 0 Å². The highest BCUT2D eigenvalue weighted by Crippen LogP contribution is 2.39. The number of hydrogen-bond acceptors (Lipinski definition) is 4. The van der Waals surface area contributed by atoms with Crippen LogP contribution in [0.2, 0.25) is 0 Å². The summed E-state index contributed by atoms with van der Waals surface area (Å²) in [4.78, 5) is 14.3. The summed E-state index contributed by atoms with van der Waals surface area (Å²) < 4.78 is 11.2. The van der Waals surface area contributed by atoms with E-state index >= 15 is 0 Å². The summed E-state index contributed by atoms with van der Waals surface area (Å²) in [5.41, 5.74) is 14.8. The maximum Gasteiger partial charge on any atom is 0.163 e. The standard InChI is InChI=1S/C58H35N5O/c1-2-4-14-37(13-3-1)38-15-11-16-39(31-38)40-17-12-18-41(32-40)57-59-36-60-58(61-57)42-25-29-55-49(33-42)50-35-44(27-30-56(50)64-55)63-53-24-10-7-21-47(53)48-34-43(26-28-54(48)63)62-51-22-8-5-19-45(51)46-20-6-9-23-52(46)62/h3,5-36H,4H2. The molecule has 6 heteroatoms. The molecule has 0 fully saturated rings. The lowest BCUT2D eigenvalue weighted by Crippen LogP contribution is -1.96. The zero-order valence-corrected chi connectivity index (χ0v) is 34.4. The maximum atomic E-state index is 6.44. The number of aromatic nitrogens is 5. The van der Waals surface area contributed by atoms with E-state index in [-0.39, 0.29) is 0 Å². The number of furan rings is 1. The smallest absolute Gasteiger partial charge is 0.163 e. The fourth-order valence-corrected chi connectivity index (χ4v) is 9.61. The summed E-state index contributed by atoms with van der Waals surface area (Å²) in [5.74, 6) is 7.42. The molecule has 13 rings (SSSR count). The van der Waals surface area contributed by atoms with Crippen LogP contribution in [0.1, 0.15) is 12.0 Å². The van der Waals surface area contributed by atoms with Gasteiger partial charge in [0, 0.05) is 61.2 Å². The van der Waals surface area contributed by atoms with Gasteiger partial charge in [0.05, 0.1) is 22.1 Å². The van der Waals surface area contributed by atoms with Crippen LogP contribution in [0.5, 0.6) is 0 Å². The van der Waals surface area contributed by atoms with Crippen LogP contribution in [0.4, 0.5) is 0 Å². The summed E-state index contributed by atoms with van der Waals surface area (Å²) in [5, 5.41) is 6.91. The number of rotatable bonds is 6. The van der Waals surface area contributed by atoms with Gasteiger partial charge in [0.1, 0.15) is 17.5 Å². The van der Waals surface area contributed by atoms with Crippen LogP contribution in [0.3, 0.4) is 0 Å². The molecule has 1 aliphatic carbocycles. The molecule has 0 atom stereocenters. The fourth-order valence-electron chi connectivity index (χ4n) is 9.61. The lowest BCUT2D eigenvalue weighted by Gasteiger charge is -2.10. The van der Waals surface area contributed by atoms with Gasteiger partial charge in [0.25, 0.3) is 0 Å². The Morgan fingerprint density at radius 1 is 0.438 bits per heavy atom. The first kappa shape index (κ1) is 35.9. The molecule has 6 nitrogen and oxygen atoms in total. The Hall–Kier alpha value is -8.79. The first-order valence-electron chi connectivity index (χ1n) is 21.5. The molecule has 64 heavy (non-hydrogen) atoms. The number of nitrogens with zero attached hydrogens (tertiary/aromatic N) is 5. The quantitative estimate of drug-likeness (QED) is 0.157. The normalized spacial score (nSPS) is 12.7. The van der Waals surface area contributed by atoms with E-state index in [0.29, 0.717) is 11.6 Å². The van der Waals surface area contributed by atoms with Crippen molar-refractivity contribution in [2.24, 2.45) is 0 Å². The first-order valence-corrected chi connectivity index (χ1v) is 21.5. The average molecular weight is 818 g/mol. The van der Waals surface area contributed by atoms with Gasteiger partial charge >= 0.3 is 0 Å². The molecule has 0 amide bonds. The van der Waals surface area contributed by atoms with Gasteiger partial charge in [-0.05, 0) is 119 Å². The van der Waals surface area contributed by atoms with Crippen molar-refractivity contribution in [3.05, 3.63) is 206 Å². The van der Waals surface area contributed by atoms with Crippen molar-refractivity contribution in [2.45, 2.75) is 6.42 Å². The van der Waals surface area contributed by atoms with Crippen LogP contribution in [-0.4, -0.2) is 24.1 Å². The minimum atomic E-state index is 0.598.